The van der Waals surface area contributed by atoms with Crippen LogP contribution in [-0.4, -0.2) is 50.3 Å². The van der Waals surface area contributed by atoms with Gasteiger partial charge in [0, 0.05) is 42.0 Å². The van der Waals surface area contributed by atoms with Crippen LogP contribution >= 0.6 is 0 Å². The van der Waals surface area contributed by atoms with Gasteiger partial charge in [-0.25, -0.2) is 19.9 Å². The Morgan fingerprint density at radius 1 is 0.973 bits per heavy atom. The highest BCUT2D eigenvalue weighted by Crippen LogP contribution is 2.35. The van der Waals surface area contributed by atoms with Gasteiger partial charge < -0.3 is 4.90 Å². The third kappa shape index (κ3) is 4.79. The van der Waals surface area contributed by atoms with Gasteiger partial charge in [0.25, 0.3) is 10.1 Å². The highest BCUT2D eigenvalue weighted by molar-refractivity contribution is 7.86. The summed E-state index contributed by atoms with van der Waals surface area (Å²) in [5.41, 5.74) is 4.86. The van der Waals surface area contributed by atoms with Crippen LogP contribution in [0.5, 0.6) is 0 Å². The van der Waals surface area contributed by atoms with Crippen LogP contribution in [0, 0.1) is 27.7 Å². The predicted molar refractivity (Wildman–Crippen MR) is 138 cm³/mol. The molecule has 1 unspecified atom stereocenters. The molecule has 0 spiro atoms. The van der Waals surface area contributed by atoms with E-state index in [0.717, 1.165) is 16.9 Å². The molecule has 1 aliphatic heterocycles. The van der Waals surface area contributed by atoms with Gasteiger partial charge in [-0.1, -0.05) is 11.6 Å². The molecule has 10 nitrogen and oxygen atoms in total. The van der Waals surface area contributed by atoms with Crippen LogP contribution in [0.1, 0.15) is 47.2 Å². The van der Waals surface area contributed by atoms with Crippen molar-refractivity contribution in [2.24, 2.45) is 0 Å². The first-order chi connectivity index (χ1) is 17.5. The Bertz CT molecular complexity index is 1670. The molecule has 0 aliphatic carbocycles. The molecule has 0 bridgehead atoms. The summed E-state index contributed by atoms with van der Waals surface area (Å²) in [6.45, 7) is 7.67. The fraction of sp³-hybridized carbons (Fsp3) is 0.308. The van der Waals surface area contributed by atoms with E-state index in [9.17, 15) is 17.8 Å². The maximum absolute atomic E-state index is 12.8. The summed E-state index contributed by atoms with van der Waals surface area (Å²) >= 11 is 0. The molecule has 1 atom stereocenters. The zero-order valence-electron chi connectivity index (χ0n) is 20.9. The Labute approximate surface area is 214 Å². The molecule has 4 aromatic rings. The number of fused-ring (bicyclic) bond motifs is 1. The molecule has 3 aromatic heterocycles. The van der Waals surface area contributed by atoms with Gasteiger partial charge in [-0.3, -0.25) is 14.3 Å². The smallest absolute Gasteiger partial charge is 0.295 e. The van der Waals surface area contributed by atoms with Gasteiger partial charge in [-0.05, 0) is 58.4 Å². The lowest BCUT2D eigenvalue weighted by Gasteiger charge is -2.32. The number of aryl methyl sites for hydroxylation is 4. The molecule has 5 rings (SSSR count). The van der Waals surface area contributed by atoms with Crippen LogP contribution in [0.2, 0.25) is 0 Å². The number of aromatic nitrogens is 5. The van der Waals surface area contributed by atoms with Crippen LogP contribution in [0.25, 0.3) is 22.4 Å². The monoisotopic (exact) mass is 518 g/mol. The first-order valence-corrected chi connectivity index (χ1v) is 13.3. The van der Waals surface area contributed by atoms with Crippen LogP contribution < -0.4 is 4.90 Å². The predicted octanol–water partition coefficient (Wildman–Crippen LogP) is 3.87. The zero-order valence-corrected chi connectivity index (χ0v) is 21.7. The first kappa shape index (κ1) is 24.8. The minimum absolute atomic E-state index is 0.00136. The number of benzene rings is 1. The van der Waals surface area contributed by atoms with Gasteiger partial charge >= 0.3 is 0 Å². The number of anilines is 1. The van der Waals surface area contributed by atoms with Crippen molar-refractivity contribution in [2.45, 2.75) is 51.3 Å². The van der Waals surface area contributed by atoms with E-state index < -0.39 is 10.1 Å². The van der Waals surface area contributed by atoms with E-state index in [1.807, 2.05) is 26.8 Å². The molecule has 37 heavy (non-hydrogen) atoms. The topological polar surface area (TPSA) is 139 Å². The number of pyridine rings is 1. The first-order valence-electron chi connectivity index (χ1n) is 11.9. The largest absolute Gasteiger partial charge is 0.312 e. The standard InChI is InChI=1S/C26H26N6O4S/c1-14-5-7-21(37(34,35)36)20(11-14)23-24-26(29-17(4)16(3)28-24)31-25(30-23)18-6-8-22(33)32(13-18)19-9-10-27-15(2)12-19/h5,7,9-12,18H,6,8,13H2,1-4H3,(H,34,35,36). The Kier molecular flexibility index (Phi) is 6.20. The Morgan fingerprint density at radius 2 is 1.73 bits per heavy atom. The number of rotatable bonds is 4. The molecule has 190 valence electrons. The van der Waals surface area contributed by atoms with Gasteiger partial charge in [0.15, 0.2) is 5.65 Å². The van der Waals surface area contributed by atoms with Gasteiger partial charge in [0.05, 0.1) is 11.4 Å². The maximum atomic E-state index is 12.8. The number of carbonyl (C=O) groups is 1. The lowest BCUT2D eigenvalue weighted by atomic mass is 9.95. The number of piperidine rings is 1. The molecule has 1 fully saturated rings. The van der Waals surface area contributed by atoms with Crippen molar-refractivity contribution in [3.63, 3.8) is 0 Å². The van der Waals surface area contributed by atoms with Crippen LogP contribution in [0.3, 0.4) is 0 Å². The van der Waals surface area contributed by atoms with Gasteiger partial charge in [0.2, 0.25) is 5.91 Å². The number of amides is 1. The number of hydrogen-bond acceptors (Lipinski definition) is 8. The minimum atomic E-state index is -4.55. The lowest BCUT2D eigenvalue weighted by Crippen LogP contribution is -2.39. The summed E-state index contributed by atoms with van der Waals surface area (Å²) in [5.74, 6) is 0.212. The fourth-order valence-electron chi connectivity index (χ4n) is 4.56. The normalized spacial score (nSPS) is 16.4. The van der Waals surface area contributed by atoms with E-state index in [-0.39, 0.29) is 28.0 Å². The quantitative estimate of drug-likeness (QED) is 0.399. The molecule has 1 amide bonds. The van der Waals surface area contributed by atoms with Crippen LogP contribution in [-0.2, 0) is 14.9 Å². The second-order valence-corrected chi connectivity index (χ2v) is 10.8. The van der Waals surface area contributed by atoms with Crippen molar-refractivity contribution in [1.82, 2.24) is 24.9 Å². The number of nitrogens with zero attached hydrogens (tertiary/aromatic N) is 6. The molecule has 0 radical (unpaired) electrons. The third-order valence-electron chi connectivity index (χ3n) is 6.60. The zero-order chi connectivity index (χ0) is 26.5. The molecule has 1 aliphatic rings. The Balaban J connectivity index is 1.70. The number of carbonyl (C=O) groups excluding carboxylic acids is 1. The summed E-state index contributed by atoms with van der Waals surface area (Å²) in [7, 11) is -4.55. The molecule has 4 heterocycles. The Hall–Kier alpha value is -3.83. The minimum Gasteiger partial charge on any atom is -0.312 e. The van der Waals surface area contributed by atoms with Crippen molar-refractivity contribution >= 4 is 32.9 Å². The molecule has 1 N–H and O–H groups in total. The molecule has 1 saturated heterocycles. The molecular weight excluding hydrogens is 492 g/mol. The summed E-state index contributed by atoms with van der Waals surface area (Å²) < 4.78 is 34.5. The highest BCUT2D eigenvalue weighted by atomic mass is 32.2. The maximum Gasteiger partial charge on any atom is 0.295 e. The molecular formula is C26H26N6O4S. The van der Waals surface area contributed by atoms with E-state index in [4.69, 9.17) is 9.97 Å². The lowest BCUT2D eigenvalue weighted by molar-refractivity contribution is -0.119. The third-order valence-corrected chi connectivity index (χ3v) is 7.51. The van der Waals surface area contributed by atoms with E-state index in [0.29, 0.717) is 47.8 Å². The second kappa shape index (κ2) is 9.24. The van der Waals surface area contributed by atoms with E-state index in [1.54, 1.807) is 36.2 Å². The average Bonchev–Trinajstić information content (AvgIpc) is 2.83. The molecule has 0 saturated carbocycles. The van der Waals surface area contributed by atoms with Gasteiger partial charge in [0.1, 0.15) is 21.9 Å². The van der Waals surface area contributed by atoms with Crippen molar-refractivity contribution in [1.29, 1.82) is 0 Å². The van der Waals surface area contributed by atoms with E-state index >= 15 is 0 Å². The van der Waals surface area contributed by atoms with E-state index in [1.165, 1.54) is 6.07 Å². The highest BCUT2D eigenvalue weighted by Gasteiger charge is 2.31. The van der Waals surface area contributed by atoms with Crippen molar-refractivity contribution in [2.75, 3.05) is 11.4 Å². The van der Waals surface area contributed by atoms with Gasteiger partial charge in [-0.2, -0.15) is 8.42 Å². The second-order valence-electron chi connectivity index (χ2n) is 9.37. The Morgan fingerprint density at radius 3 is 2.46 bits per heavy atom. The van der Waals surface area contributed by atoms with E-state index in [2.05, 4.69) is 15.0 Å². The fourth-order valence-corrected chi connectivity index (χ4v) is 5.23. The average molecular weight is 519 g/mol. The summed E-state index contributed by atoms with van der Waals surface area (Å²) in [5, 5.41) is 0. The van der Waals surface area contributed by atoms with Crippen molar-refractivity contribution in [3.8, 4) is 11.3 Å². The summed E-state index contributed by atoms with van der Waals surface area (Å²) in [6.07, 6.45) is 2.51. The number of hydrogen-bond donors (Lipinski definition) is 1. The van der Waals surface area contributed by atoms with Gasteiger partial charge in [-0.15, -0.1) is 0 Å². The van der Waals surface area contributed by atoms with Crippen molar-refractivity contribution in [3.05, 3.63) is 65.0 Å². The molecule has 1 aromatic carbocycles. The van der Waals surface area contributed by atoms with Crippen LogP contribution in [0.4, 0.5) is 5.69 Å². The summed E-state index contributed by atoms with van der Waals surface area (Å²) in [6, 6.07) is 8.27. The van der Waals surface area contributed by atoms with Crippen LogP contribution in [0.15, 0.2) is 41.4 Å². The van der Waals surface area contributed by atoms with Crippen molar-refractivity contribution < 1.29 is 17.8 Å². The SMILES string of the molecule is Cc1ccc(S(=O)(=O)O)c(-c2nc(C3CCC(=O)N(c4ccnc(C)c4)C3)nc3nc(C)c(C)nc23)c1. The summed E-state index contributed by atoms with van der Waals surface area (Å²) in [4.78, 5) is 37.3. The molecule has 11 heteroatoms.